The molecule has 1 heterocycles. The highest BCUT2D eigenvalue weighted by Gasteiger charge is 2.03. The summed E-state index contributed by atoms with van der Waals surface area (Å²) in [6, 6.07) is 7.66. The van der Waals surface area contributed by atoms with Crippen LogP contribution in [0.4, 0.5) is 0 Å². The molecule has 0 saturated carbocycles. The summed E-state index contributed by atoms with van der Waals surface area (Å²) in [6.07, 6.45) is 0. The maximum absolute atomic E-state index is 11.2. The number of para-hydroxylation sites is 1. The molecule has 0 atom stereocenters. The SMILES string of the molecule is Cc1cccc2cc(I)c(=O)oc12. The second-order valence-electron chi connectivity index (χ2n) is 2.88. The number of fused-ring (bicyclic) bond motifs is 1. The second kappa shape index (κ2) is 3.14. The summed E-state index contributed by atoms with van der Waals surface area (Å²) in [7, 11) is 0. The van der Waals surface area contributed by atoms with Crippen LogP contribution in [-0.2, 0) is 0 Å². The maximum atomic E-state index is 11.2. The molecule has 0 unspecified atom stereocenters. The minimum atomic E-state index is -0.262. The van der Waals surface area contributed by atoms with Crippen molar-refractivity contribution in [2.24, 2.45) is 0 Å². The van der Waals surface area contributed by atoms with E-state index in [0.717, 1.165) is 10.9 Å². The van der Waals surface area contributed by atoms with Crippen molar-refractivity contribution in [2.45, 2.75) is 6.92 Å². The third-order valence-corrected chi connectivity index (χ3v) is 2.67. The monoisotopic (exact) mass is 286 g/mol. The molecule has 66 valence electrons. The Bertz CT molecular complexity index is 514. The molecule has 0 aliphatic carbocycles. The molecule has 0 aliphatic rings. The summed E-state index contributed by atoms with van der Waals surface area (Å²) in [5, 5.41) is 0.976. The normalized spacial score (nSPS) is 10.6. The average Bonchev–Trinajstić information content (AvgIpc) is 2.09. The number of aryl methyl sites for hydroxylation is 1. The Kier molecular flexibility index (Phi) is 2.11. The minimum absolute atomic E-state index is 0.262. The zero-order chi connectivity index (χ0) is 9.42. The summed E-state index contributed by atoms with van der Waals surface area (Å²) < 4.78 is 5.78. The molecule has 0 bridgehead atoms. The smallest absolute Gasteiger partial charge is 0.349 e. The first-order chi connectivity index (χ1) is 6.18. The van der Waals surface area contributed by atoms with Crippen LogP contribution in [0.25, 0.3) is 11.0 Å². The average molecular weight is 286 g/mol. The first-order valence-corrected chi connectivity index (χ1v) is 4.95. The molecule has 0 saturated heterocycles. The van der Waals surface area contributed by atoms with E-state index in [1.807, 2.05) is 53.8 Å². The number of rotatable bonds is 0. The highest BCUT2D eigenvalue weighted by atomic mass is 127. The Labute approximate surface area is 88.7 Å². The predicted octanol–water partition coefficient (Wildman–Crippen LogP) is 2.71. The lowest BCUT2D eigenvalue weighted by Gasteiger charge is -1.99. The van der Waals surface area contributed by atoms with Gasteiger partial charge in [0, 0.05) is 5.39 Å². The fourth-order valence-corrected chi connectivity index (χ4v) is 1.71. The lowest BCUT2D eigenvalue weighted by atomic mass is 10.1. The molecule has 1 aromatic heterocycles. The van der Waals surface area contributed by atoms with E-state index in [1.54, 1.807) is 0 Å². The van der Waals surface area contributed by atoms with Crippen LogP contribution in [0.15, 0.2) is 33.5 Å². The molecule has 0 spiro atoms. The van der Waals surface area contributed by atoms with E-state index in [9.17, 15) is 4.79 Å². The minimum Gasteiger partial charge on any atom is -0.422 e. The van der Waals surface area contributed by atoms with Gasteiger partial charge in [0.15, 0.2) is 0 Å². The summed E-state index contributed by atoms with van der Waals surface area (Å²) in [5.74, 6) is 0. The maximum Gasteiger partial charge on any atom is 0.349 e. The largest absolute Gasteiger partial charge is 0.422 e. The van der Waals surface area contributed by atoms with Gasteiger partial charge in [-0.2, -0.15) is 0 Å². The van der Waals surface area contributed by atoms with E-state index in [0.29, 0.717) is 9.15 Å². The van der Waals surface area contributed by atoms with Crippen molar-refractivity contribution in [1.82, 2.24) is 0 Å². The Morgan fingerprint density at radius 3 is 2.92 bits per heavy atom. The van der Waals surface area contributed by atoms with E-state index in [1.165, 1.54) is 0 Å². The van der Waals surface area contributed by atoms with Gasteiger partial charge in [-0.25, -0.2) is 4.79 Å². The summed E-state index contributed by atoms with van der Waals surface area (Å²) in [4.78, 5) is 11.2. The Morgan fingerprint density at radius 2 is 2.15 bits per heavy atom. The fraction of sp³-hybridized carbons (Fsp3) is 0.100. The molecule has 0 fully saturated rings. The van der Waals surface area contributed by atoms with Gasteiger partial charge in [-0.3, -0.25) is 0 Å². The van der Waals surface area contributed by atoms with Gasteiger partial charge < -0.3 is 4.42 Å². The van der Waals surface area contributed by atoms with E-state index < -0.39 is 0 Å². The fourth-order valence-electron chi connectivity index (χ4n) is 1.27. The van der Waals surface area contributed by atoms with Crippen molar-refractivity contribution in [1.29, 1.82) is 0 Å². The summed E-state index contributed by atoms with van der Waals surface area (Å²) >= 11 is 1.98. The van der Waals surface area contributed by atoms with Gasteiger partial charge in [-0.1, -0.05) is 18.2 Å². The van der Waals surface area contributed by atoms with Crippen molar-refractivity contribution in [3.05, 3.63) is 43.8 Å². The summed E-state index contributed by atoms with van der Waals surface area (Å²) in [6.45, 7) is 1.93. The lowest BCUT2D eigenvalue weighted by molar-refractivity contribution is 0.554. The number of halogens is 1. The van der Waals surface area contributed by atoms with Crippen molar-refractivity contribution >= 4 is 33.6 Å². The Balaban J connectivity index is 2.97. The van der Waals surface area contributed by atoms with Gasteiger partial charge in [0.1, 0.15) is 5.58 Å². The topological polar surface area (TPSA) is 30.2 Å². The van der Waals surface area contributed by atoms with Crippen LogP contribution in [0.3, 0.4) is 0 Å². The number of hydrogen-bond donors (Lipinski definition) is 0. The standard InChI is InChI=1S/C10H7IO2/c1-6-3-2-4-7-5-8(11)10(12)13-9(6)7/h2-5H,1H3. The molecule has 3 heteroatoms. The van der Waals surface area contributed by atoms with E-state index >= 15 is 0 Å². The molecule has 2 rings (SSSR count). The van der Waals surface area contributed by atoms with Gasteiger partial charge >= 0.3 is 5.63 Å². The van der Waals surface area contributed by atoms with Crippen LogP contribution in [-0.4, -0.2) is 0 Å². The lowest BCUT2D eigenvalue weighted by Crippen LogP contribution is -2.02. The molecule has 0 radical (unpaired) electrons. The van der Waals surface area contributed by atoms with Crippen molar-refractivity contribution in [3.63, 3.8) is 0 Å². The van der Waals surface area contributed by atoms with Gasteiger partial charge in [-0.15, -0.1) is 0 Å². The van der Waals surface area contributed by atoms with Crippen LogP contribution < -0.4 is 5.63 Å². The van der Waals surface area contributed by atoms with Crippen molar-refractivity contribution < 1.29 is 4.42 Å². The molecule has 0 amide bonds. The van der Waals surface area contributed by atoms with Gasteiger partial charge in [0.2, 0.25) is 0 Å². The van der Waals surface area contributed by atoms with Crippen molar-refractivity contribution in [2.75, 3.05) is 0 Å². The predicted molar refractivity (Wildman–Crippen MR) is 59.9 cm³/mol. The Hall–Kier alpha value is -0.840. The first-order valence-electron chi connectivity index (χ1n) is 3.87. The molecule has 13 heavy (non-hydrogen) atoms. The van der Waals surface area contributed by atoms with E-state index in [-0.39, 0.29) is 5.63 Å². The molecule has 1 aromatic carbocycles. The highest BCUT2D eigenvalue weighted by molar-refractivity contribution is 14.1. The quantitative estimate of drug-likeness (QED) is 0.550. The second-order valence-corrected chi connectivity index (χ2v) is 4.04. The van der Waals surface area contributed by atoms with E-state index in [2.05, 4.69) is 0 Å². The van der Waals surface area contributed by atoms with Crippen LogP contribution >= 0.6 is 22.6 Å². The van der Waals surface area contributed by atoms with Crippen molar-refractivity contribution in [3.8, 4) is 0 Å². The molecule has 2 aromatic rings. The molecular formula is C10H7IO2. The van der Waals surface area contributed by atoms with Crippen LogP contribution in [0.5, 0.6) is 0 Å². The number of hydrogen-bond acceptors (Lipinski definition) is 2. The molecule has 2 nitrogen and oxygen atoms in total. The van der Waals surface area contributed by atoms with E-state index in [4.69, 9.17) is 4.42 Å². The van der Waals surface area contributed by atoms with Gasteiger partial charge in [0.05, 0.1) is 3.57 Å². The molecule has 0 N–H and O–H groups in total. The molecule has 0 aliphatic heterocycles. The number of benzene rings is 1. The first kappa shape index (κ1) is 8.74. The third kappa shape index (κ3) is 1.48. The van der Waals surface area contributed by atoms with Crippen LogP contribution in [0.1, 0.15) is 5.56 Å². The van der Waals surface area contributed by atoms with Crippen LogP contribution in [0.2, 0.25) is 0 Å². The van der Waals surface area contributed by atoms with Gasteiger partial charge in [-0.05, 0) is 41.1 Å². The highest BCUT2D eigenvalue weighted by Crippen LogP contribution is 2.17. The zero-order valence-electron chi connectivity index (χ0n) is 7.00. The van der Waals surface area contributed by atoms with Crippen LogP contribution in [0, 0.1) is 10.5 Å². The zero-order valence-corrected chi connectivity index (χ0v) is 9.16. The molecular weight excluding hydrogens is 279 g/mol. The third-order valence-electron chi connectivity index (χ3n) is 1.91. The summed E-state index contributed by atoms with van der Waals surface area (Å²) in [5.41, 5.74) is 1.42. The Morgan fingerprint density at radius 1 is 1.38 bits per heavy atom. The van der Waals surface area contributed by atoms with Gasteiger partial charge in [0.25, 0.3) is 0 Å².